The summed E-state index contributed by atoms with van der Waals surface area (Å²) >= 11 is 1.11. The average Bonchev–Trinajstić information content (AvgIpc) is 2.99. The van der Waals surface area contributed by atoms with Gasteiger partial charge in [0, 0.05) is 29.6 Å². The lowest BCUT2D eigenvalue weighted by Gasteiger charge is -2.12. The number of benzene rings is 2. The first kappa shape index (κ1) is 22.0. The molecule has 4 amide bonds. The molecule has 9 nitrogen and oxygen atoms in total. The van der Waals surface area contributed by atoms with Crippen LogP contribution in [-0.4, -0.2) is 53.4 Å². The van der Waals surface area contributed by atoms with Crippen LogP contribution in [0.1, 0.15) is 27.1 Å². The molecule has 1 saturated heterocycles. The third kappa shape index (κ3) is 5.28. The number of thioether (sulfide) groups is 1. The maximum absolute atomic E-state index is 12.5. The molecule has 1 aliphatic heterocycles. The predicted molar refractivity (Wildman–Crippen MR) is 112 cm³/mol. The summed E-state index contributed by atoms with van der Waals surface area (Å²) in [5.41, 5.74) is 6.07. The first-order valence-corrected chi connectivity index (χ1v) is 10.1. The van der Waals surface area contributed by atoms with Crippen LogP contribution in [0, 0.1) is 0 Å². The minimum atomic E-state index is -0.729. The number of nitrogens with zero attached hydrogens (tertiary/aromatic N) is 1. The molecule has 2 aromatic rings. The molecule has 1 heterocycles. The number of amides is 4. The summed E-state index contributed by atoms with van der Waals surface area (Å²) in [5.74, 6) is -2.47. The Kier molecular flexibility index (Phi) is 6.71. The quantitative estimate of drug-likeness (QED) is 0.490. The highest BCUT2D eigenvalue weighted by Crippen LogP contribution is 2.33. The van der Waals surface area contributed by atoms with Crippen LogP contribution >= 0.6 is 11.8 Å². The zero-order valence-electron chi connectivity index (χ0n) is 16.5. The summed E-state index contributed by atoms with van der Waals surface area (Å²) in [5, 5.41) is 1.93. The highest BCUT2D eigenvalue weighted by molar-refractivity contribution is 8.00. The van der Waals surface area contributed by atoms with E-state index in [0.29, 0.717) is 16.1 Å². The molecule has 160 valence electrons. The highest BCUT2D eigenvalue weighted by atomic mass is 32.2. The molecule has 0 spiro atoms. The molecular weight excluding hydrogens is 422 g/mol. The lowest BCUT2D eigenvalue weighted by atomic mass is 10.2. The summed E-state index contributed by atoms with van der Waals surface area (Å²) in [6, 6.07) is 12.4. The molecule has 0 radical (unpaired) electrons. The Balaban J connectivity index is 1.59. The van der Waals surface area contributed by atoms with Gasteiger partial charge in [-0.15, -0.1) is 11.8 Å². The van der Waals surface area contributed by atoms with Crippen LogP contribution in [0.25, 0.3) is 0 Å². The van der Waals surface area contributed by atoms with Crippen LogP contribution in [0.4, 0.5) is 5.69 Å². The van der Waals surface area contributed by atoms with Gasteiger partial charge in [-0.1, -0.05) is 12.1 Å². The zero-order chi connectivity index (χ0) is 22.5. The lowest BCUT2D eigenvalue weighted by molar-refractivity contribution is -0.136. The molecule has 3 N–H and O–H groups in total. The topological polar surface area (TPSA) is 136 Å². The second-order valence-corrected chi connectivity index (χ2v) is 7.91. The van der Waals surface area contributed by atoms with Gasteiger partial charge in [-0.05, 0) is 36.4 Å². The third-order valence-corrected chi connectivity index (χ3v) is 5.77. The molecule has 1 unspecified atom stereocenters. The number of anilines is 1. The van der Waals surface area contributed by atoms with Crippen molar-refractivity contribution < 1.29 is 28.7 Å². The van der Waals surface area contributed by atoms with Gasteiger partial charge in [0.05, 0.1) is 10.8 Å². The van der Waals surface area contributed by atoms with Crippen LogP contribution < -0.4 is 11.1 Å². The third-order valence-electron chi connectivity index (χ3n) is 4.50. The van der Waals surface area contributed by atoms with Crippen molar-refractivity contribution in [1.82, 2.24) is 4.90 Å². The molecule has 31 heavy (non-hydrogen) atoms. The molecule has 0 saturated carbocycles. The number of rotatable bonds is 7. The second kappa shape index (κ2) is 9.43. The van der Waals surface area contributed by atoms with Crippen molar-refractivity contribution in [2.24, 2.45) is 5.73 Å². The number of hydrogen-bond donors (Lipinski definition) is 2. The number of esters is 1. The van der Waals surface area contributed by atoms with E-state index in [2.05, 4.69) is 5.32 Å². The number of likely N-dealkylation sites (tertiary alicyclic amines) is 1. The zero-order valence-corrected chi connectivity index (χ0v) is 17.3. The van der Waals surface area contributed by atoms with Crippen molar-refractivity contribution in [3.8, 4) is 0 Å². The molecule has 1 atom stereocenters. The van der Waals surface area contributed by atoms with Crippen molar-refractivity contribution >= 4 is 47.0 Å². The van der Waals surface area contributed by atoms with E-state index in [0.717, 1.165) is 16.7 Å². The molecule has 10 heteroatoms. The predicted octanol–water partition coefficient (Wildman–Crippen LogP) is 1.43. The molecule has 3 rings (SSSR count). The van der Waals surface area contributed by atoms with Crippen molar-refractivity contribution in [1.29, 1.82) is 0 Å². The van der Waals surface area contributed by atoms with E-state index in [1.807, 2.05) is 0 Å². The van der Waals surface area contributed by atoms with Gasteiger partial charge in [0.1, 0.15) is 0 Å². The van der Waals surface area contributed by atoms with Crippen molar-refractivity contribution in [3.63, 3.8) is 0 Å². The smallest absolute Gasteiger partial charge is 0.339 e. The monoisotopic (exact) mass is 441 g/mol. The molecule has 1 aliphatic rings. The summed E-state index contributed by atoms with van der Waals surface area (Å²) in [7, 11) is 1.42. The number of carbonyl (C=O) groups excluding carboxylic acids is 5. The number of nitrogens with two attached hydrogens (primary N) is 1. The van der Waals surface area contributed by atoms with Crippen LogP contribution in [0.2, 0.25) is 0 Å². The van der Waals surface area contributed by atoms with Gasteiger partial charge in [-0.2, -0.15) is 0 Å². The normalized spacial score (nSPS) is 15.6. The van der Waals surface area contributed by atoms with Crippen LogP contribution in [0.15, 0.2) is 53.4 Å². The lowest BCUT2D eigenvalue weighted by Crippen LogP contribution is -2.26. The van der Waals surface area contributed by atoms with E-state index in [1.165, 1.54) is 37.4 Å². The minimum Gasteiger partial charge on any atom is -0.452 e. The summed E-state index contributed by atoms with van der Waals surface area (Å²) < 4.78 is 5.10. The average molecular weight is 441 g/mol. The number of carbonyl (C=O) groups is 5. The van der Waals surface area contributed by atoms with Gasteiger partial charge in [0.2, 0.25) is 17.7 Å². The largest absolute Gasteiger partial charge is 0.452 e. The first-order valence-electron chi connectivity index (χ1n) is 9.19. The summed E-state index contributed by atoms with van der Waals surface area (Å²) in [4.78, 5) is 61.0. The Morgan fingerprint density at radius 2 is 1.81 bits per heavy atom. The standard InChI is InChI=1S/C21H19N3O6S/c1-24-18(26)10-16(20(24)28)31-15-5-3-2-4-14(15)21(29)30-11-17(25)23-13-8-6-12(7-9-13)19(22)27/h2-9,16H,10-11H2,1H3,(H2,22,27)(H,23,25). The highest BCUT2D eigenvalue weighted by Gasteiger charge is 2.37. The second-order valence-electron chi connectivity index (χ2n) is 6.66. The molecule has 0 aliphatic carbocycles. The van der Waals surface area contributed by atoms with E-state index in [-0.39, 0.29) is 23.8 Å². The van der Waals surface area contributed by atoms with Gasteiger partial charge >= 0.3 is 5.97 Å². The van der Waals surface area contributed by atoms with E-state index in [4.69, 9.17) is 10.5 Å². The Hall–Kier alpha value is -3.66. The fourth-order valence-electron chi connectivity index (χ4n) is 2.83. The Morgan fingerprint density at radius 1 is 1.13 bits per heavy atom. The Bertz CT molecular complexity index is 1050. The van der Waals surface area contributed by atoms with Gasteiger partial charge in [-0.25, -0.2) is 4.79 Å². The van der Waals surface area contributed by atoms with Gasteiger partial charge in [-0.3, -0.25) is 24.1 Å². The van der Waals surface area contributed by atoms with Crippen molar-refractivity contribution in [2.75, 3.05) is 19.0 Å². The fourth-order valence-corrected chi connectivity index (χ4v) is 4.06. The SMILES string of the molecule is CN1C(=O)CC(Sc2ccccc2C(=O)OCC(=O)Nc2ccc(C(N)=O)cc2)C1=O. The minimum absolute atomic E-state index is 0.0559. The fraction of sp³-hybridized carbons (Fsp3) is 0.190. The molecule has 2 aromatic carbocycles. The number of nitrogens with one attached hydrogen (secondary N) is 1. The van der Waals surface area contributed by atoms with E-state index < -0.39 is 29.6 Å². The van der Waals surface area contributed by atoms with Crippen LogP contribution in [0.3, 0.4) is 0 Å². The molecular formula is C21H19N3O6S. The van der Waals surface area contributed by atoms with Crippen LogP contribution in [-0.2, 0) is 19.1 Å². The van der Waals surface area contributed by atoms with E-state index >= 15 is 0 Å². The Morgan fingerprint density at radius 3 is 2.42 bits per heavy atom. The molecule has 1 fully saturated rings. The number of imide groups is 1. The van der Waals surface area contributed by atoms with Gasteiger partial charge in [0.15, 0.2) is 6.61 Å². The maximum Gasteiger partial charge on any atom is 0.339 e. The number of ether oxygens (including phenoxy) is 1. The number of primary amides is 1. The van der Waals surface area contributed by atoms with E-state index in [1.54, 1.807) is 18.2 Å². The molecule has 0 bridgehead atoms. The first-order chi connectivity index (χ1) is 14.8. The summed E-state index contributed by atoms with van der Waals surface area (Å²) in [6.45, 7) is -0.529. The maximum atomic E-state index is 12.5. The van der Waals surface area contributed by atoms with Crippen molar-refractivity contribution in [2.45, 2.75) is 16.6 Å². The summed E-state index contributed by atoms with van der Waals surface area (Å²) in [6.07, 6.45) is 0.0559. The van der Waals surface area contributed by atoms with Gasteiger partial charge < -0.3 is 15.8 Å². The molecule has 0 aromatic heterocycles. The van der Waals surface area contributed by atoms with E-state index in [9.17, 15) is 24.0 Å². The van der Waals surface area contributed by atoms with Crippen molar-refractivity contribution in [3.05, 3.63) is 59.7 Å². The van der Waals surface area contributed by atoms with Gasteiger partial charge in [0.25, 0.3) is 5.91 Å². The number of hydrogen-bond acceptors (Lipinski definition) is 7. The van der Waals surface area contributed by atoms with Crippen LogP contribution in [0.5, 0.6) is 0 Å². The Labute approximate surface area is 181 Å².